The number of aryl methyl sites for hydroxylation is 1. The highest BCUT2D eigenvalue weighted by atomic mass is 16.3. The Hall–Kier alpha value is -2.28. The Kier molecular flexibility index (Phi) is 3.10. The van der Waals surface area contributed by atoms with E-state index in [-0.39, 0.29) is 0 Å². The summed E-state index contributed by atoms with van der Waals surface area (Å²) >= 11 is 0. The molecule has 0 saturated heterocycles. The van der Waals surface area contributed by atoms with Gasteiger partial charge in [0.15, 0.2) is 5.69 Å². The summed E-state index contributed by atoms with van der Waals surface area (Å²) in [7, 11) is 1.91. The van der Waals surface area contributed by atoms with Gasteiger partial charge in [-0.25, -0.2) is 4.98 Å². The van der Waals surface area contributed by atoms with E-state index in [1.807, 2.05) is 43.1 Å². The summed E-state index contributed by atoms with van der Waals surface area (Å²) in [4.78, 5) is 5.98. The van der Waals surface area contributed by atoms with Crippen LogP contribution in [0.25, 0.3) is 0 Å². The van der Waals surface area contributed by atoms with Gasteiger partial charge in [0, 0.05) is 13.2 Å². The van der Waals surface area contributed by atoms with Gasteiger partial charge in [0.1, 0.15) is 17.6 Å². The number of rotatable bonds is 3. The van der Waals surface area contributed by atoms with E-state index in [0.29, 0.717) is 12.2 Å². The number of aromatic nitrogens is 1. The molecule has 86 valence electrons. The van der Waals surface area contributed by atoms with Crippen molar-refractivity contribution in [2.24, 2.45) is 0 Å². The number of hydrogen-bond donors (Lipinski definition) is 0. The third-order valence-corrected chi connectivity index (χ3v) is 2.49. The van der Waals surface area contributed by atoms with Crippen molar-refractivity contribution >= 4 is 5.69 Å². The summed E-state index contributed by atoms with van der Waals surface area (Å²) in [6, 6.07) is 9.65. The highest BCUT2D eigenvalue weighted by molar-refractivity contribution is 5.55. The number of hydrogen-bond acceptors (Lipinski definition) is 4. The van der Waals surface area contributed by atoms with E-state index in [0.717, 1.165) is 17.2 Å². The lowest BCUT2D eigenvalue weighted by atomic mass is 10.2. The molecule has 0 aliphatic carbocycles. The van der Waals surface area contributed by atoms with Gasteiger partial charge in [-0.3, -0.25) is 0 Å². The lowest BCUT2D eigenvalue weighted by Crippen LogP contribution is -2.17. The number of furan rings is 1. The van der Waals surface area contributed by atoms with Crippen LogP contribution in [0, 0.1) is 18.3 Å². The first kappa shape index (κ1) is 11.2. The highest BCUT2D eigenvalue weighted by Gasteiger charge is 2.09. The predicted octanol–water partition coefficient (Wildman–Crippen LogP) is 2.49. The van der Waals surface area contributed by atoms with Crippen LogP contribution in [-0.4, -0.2) is 12.0 Å². The standard InChI is InChI=1S/C13H13N3O/c1-10-5-6-11(17-10)9-16(2)13-4-3-7-15-12(13)8-14/h3-7H,9H2,1-2H3. The number of anilines is 1. The summed E-state index contributed by atoms with van der Waals surface area (Å²) in [5.41, 5.74) is 1.24. The van der Waals surface area contributed by atoms with E-state index in [1.54, 1.807) is 6.20 Å². The molecule has 0 atom stereocenters. The Labute approximate surface area is 100 Å². The minimum absolute atomic E-state index is 0.429. The lowest BCUT2D eigenvalue weighted by Gasteiger charge is -2.18. The molecule has 0 spiro atoms. The first-order valence-electron chi connectivity index (χ1n) is 5.32. The molecule has 0 aliphatic heterocycles. The van der Waals surface area contributed by atoms with E-state index >= 15 is 0 Å². The lowest BCUT2D eigenvalue weighted by molar-refractivity contribution is 0.481. The molecule has 0 unspecified atom stereocenters. The van der Waals surface area contributed by atoms with Crippen molar-refractivity contribution in [1.29, 1.82) is 5.26 Å². The third-order valence-electron chi connectivity index (χ3n) is 2.49. The maximum Gasteiger partial charge on any atom is 0.163 e. The number of pyridine rings is 1. The summed E-state index contributed by atoms with van der Waals surface area (Å²) in [6.07, 6.45) is 1.62. The molecule has 0 amide bonds. The van der Waals surface area contributed by atoms with Gasteiger partial charge in [-0.15, -0.1) is 0 Å². The second kappa shape index (κ2) is 4.71. The zero-order valence-electron chi connectivity index (χ0n) is 9.84. The van der Waals surface area contributed by atoms with Crippen molar-refractivity contribution in [3.8, 4) is 6.07 Å². The van der Waals surface area contributed by atoms with Crippen molar-refractivity contribution < 1.29 is 4.42 Å². The average molecular weight is 227 g/mol. The van der Waals surface area contributed by atoms with Gasteiger partial charge < -0.3 is 9.32 Å². The third kappa shape index (κ3) is 2.45. The first-order valence-corrected chi connectivity index (χ1v) is 5.32. The molecule has 0 bridgehead atoms. The van der Waals surface area contributed by atoms with Crippen LogP contribution in [0.15, 0.2) is 34.9 Å². The van der Waals surface area contributed by atoms with E-state index in [9.17, 15) is 0 Å². The van der Waals surface area contributed by atoms with Crippen LogP contribution in [0.2, 0.25) is 0 Å². The number of nitriles is 1. The quantitative estimate of drug-likeness (QED) is 0.808. The summed E-state index contributed by atoms with van der Waals surface area (Å²) in [6.45, 7) is 2.53. The van der Waals surface area contributed by atoms with Crippen molar-refractivity contribution in [3.05, 3.63) is 47.7 Å². The van der Waals surface area contributed by atoms with Gasteiger partial charge in [0.05, 0.1) is 12.2 Å². The average Bonchev–Trinajstić information content (AvgIpc) is 2.74. The monoisotopic (exact) mass is 227 g/mol. The van der Waals surface area contributed by atoms with Gasteiger partial charge in [0.2, 0.25) is 0 Å². The molecule has 0 fully saturated rings. The van der Waals surface area contributed by atoms with Crippen molar-refractivity contribution in [2.75, 3.05) is 11.9 Å². The first-order chi connectivity index (χ1) is 8.20. The van der Waals surface area contributed by atoms with Gasteiger partial charge >= 0.3 is 0 Å². The van der Waals surface area contributed by atoms with Gasteiger partial charge in [0.25, 0.3) is 0 Å². The fourth-order valence-corrected chi connectivity index (χ4v) is 1.68. The molecule has 0 aromatic carbocycles. The van der Waals surface area contributed by atoms with Crippen molar-refractivity contribution in [1.82, 2.24) is 4.98 Å². The van der Waals surface area contributed by atoms with Gasteiger partial charge in [-0.05, 0) is 31.2 Å². The Morgan fingerprint density at radius 3 is 2.88 bits per heavy atom. The van der Waals surface area contributed by atoms with E-state index in [4.69, 9.17) is 9.68 Å². The molecule has 0 aliphatic rings. The van der Waals surface area contributed by atoms with Crippen LogP contribution < -0.4 is 4.90 Å². The van der Waals surface area contributed by atoms with Crippen molar-refractivity contribution in [3.63, 3.8) is 0 Å². The Balaban J connectivity index is 2.20. The van der Waals surface area contributed by atoms with E-state index in [2.05, 4.69) is 11.1 Å². The fraction of sp³-hybridized carbons (Fsp3) is 0.231. The summed E-state index contributed by atoms with van der Waals surface area (Å²) in [5, 5.41) is 8.97. The molecule has 4 heteroatoms. The molecule has 0 N–H and O–H groups in total. The van der Waals surface area contributed by atoms with Crippen LogP contribution >= 0.6 is 0 Å². The molecular formula is C13H13N3O. The molecular weight excluding hydrogens is 214 g/mol. The normalized spacial score (nSPS) is 9.94. The Bertz CT molecular complexity index is 554. The highest BCUT2D eigenvalue weighted by Crippen LogP contribution is 2.19. The van der Waals surface area contributed by atoms with Crippen LogP contribution in [0.1, 0.15) is 17.2 Å². The largest absolute Gasteiger partial charge is 0.464 e. The second-order valence-corrected chi connectivity index (χ2v) is 3.85. The molecule has 2 aromatic heterocycles. The Morgan fingerprint density at radius 1 is 1.41 bits per heavy atom. The molecule has 17 heavy (non-hydrogen) atoms. The molecule has 2 aromatic rings. The minimum atomic E-state index is 0.429. The van der Waals surface area contributed by atoms with Crippen molar-refractivity contribution in [2.45, 2.75) is 13.5 Å². The smallest absolute Gasteiger partial charge is 0.163 e. The minimum Gasteiger partial charge on any atom is -0.464 e. The van der Waals surface area contributed by atoms with Crippen LogP contribution in [0.4, 0.5) is 5.69 Å². The molecule has 2 rings (SSSR count). The summed E-state index contributed by atoms with van der Waals surface area (Å²) < 4.78 is 5.50. The second-order valence-electron chi connectivity index (χ2n) is 3.85. The van der Waals surface area contributed by atoms with Gasteiger partial charge in [-0.1, -0.05) is 0 Å². The van der Waals surface area contributed by atoms with Crippen LogP contribution in [0.3, 0.4) is 0 Å². The predicted molar refractivity (Wildman–Crippen MR) is 64.5 cm³/mol. The van der Waals surface area contributed by atoms with E-state index in [1.165, 1.54) is 0 Å². The maximum atomic E-state index is 8.97. The zero-order chi connectivity index (χ0) is 12.3. The molecule has 0 saturated carbocycles. The summed E-state index contributed by atoms with van der Waals surface area (Å²) in [5.74, 6) is 1.76. The zero-order valence-corrected chi connectivity index (χ0v) is 9.84. The maximum absolute atomic E-state index is 8.97. The molecule has 4 nitrogen and oxygen atoms in total. The topological polar surface area (TPSA) is 53.1 Å². The van der Waals surface area contributed by atoms with Crippen LogP contribution in [-0.2, 0) is 6.54 Å². The SMILES string of the molecule is Cc1ccc(CN(C)c2cccnc2C#N)o1. The fourth-order valence-electron chi connectivity index (χ4n) is 1.68. The van der Waals surface area contributed by atoms with Crippen LogP contribution in [0.5, 0.6) is 0 Å². The molecule has 2 heterocycles. The van der Waals surface area contributed by atoms with E-state index < -0.39 is 0 Å². The molecule has 0 radical (unpaired) electrons. The Morgan fingerprint density at radius 2 is 2.24 bits per heavy atom. The van der Waals surface area contributed by atoms with Gasteiger partial charge in [-0.2, -0.15) is 5.26 Å². The number of nitrogens with zero attached hydrogens (tertiary/aromatic N) is 3.